The van der Waals surface area contributed by atoms with Gasteiger partial charge < -0.3 is 34.8 Å². The largest absolute Gasteiger partial charge is 0.472 e. The monoisotopic (exact) mass is 879 g/mol. The Bertz CT molecular complexity index is 1370. The highest BCUT2D eigenvalue weighted by molar-refractivity contribution is 7.47. The molecule has 0 bridgehead atoms. The average molecular weight is 879 g/mol. The van der Waals surface area contributed by atoms with Crippen molar-refractivity contribution in [2.45, 2.75) is 167 Å². The van der Waals surface area contributed by atoms with Gasteiger partial charge in [0.25, 0.3) is 0 Å². The zero-order valence-corrected chi connectivity index (χ0v) is 38.0. The number of unbranched alkanes of at least 4 members (excludes halogenated alkanes) is 8. The maximum absolute atomic E-state index is 12.6. The molecule has 13 heteroatoms. The minimum Gasteiger partial charge on any atom is -0.462 e. The number of rotatable bonds is 40. The number of hydrogen-bond donors (Lipinski definition) is 5. The third kappa shape index (κ3) is 41.9. The Kier molecular flexibility index (Phi) is 39.9. The van der Waals surface area contributed by atoms with E-state index >= 15 is 0 Å². The molecular weight excluding hydrogens is 799 g/mol. The smallest absolute Gasteiger partial charge is 0.462 e. The first-order valence-corrected chi connectivity index (χ1v) is 23.9. The van der Waals surface area contributed by atoms with Crippen LogP contribution in [-0.4, -0.2) is 88.1 Å². The number of phosphoric ester groups is 1. The molecule has 0 aromatic carbocycles. The molecule has 0 aliphatic rings. The first-order chi connectivity index (χ1) is 29.5. The molecule has 0 amide bonds. The minimum absolute atomic E-state index is 0.0199. The number of phosphoric acid groups is 1. The molecule has 0 spiro atoms. The van der Waals surface area contributed by atoms with E-state index in [0.29, 0.717) is 25.7 Å². The van der Waals surface area contributed by atoms with Gasteiger partial charge in [-0.05, 0) is 77.0 Å². The van der Waals surface area contributed by atoms with Gasteiger partial charge in [-0.3, -0.25) is 18.6 Å². The van der Waals surface area contributed by atoms with Gasteiger partial charge in [0.15, 0.2) is 6.10 Å². The molecule has 0 aliphatic carbocycles. The second kappa shape index (κ2) is 42.1. The molecule has 0 radical (unpaired) electrons. The summed E-state index contributed by atoms with van der Waals surface area (Å²) in [5.74, 6) is -1.20. The zero-order valence-electron chi connectivity index (χ0n) is 37.1. The molecule has 0 aromatic heterocycles. The summed E-state index contributed by atoms with van der Waals surface area (Å²) in [5.41, 5.74) is 0. The summed E-state index contributed by atoms with van der Waals surface area (Å²) >= 11 is 0. The van der Waals surface area contributed by atoms with E-state index in [-0.39, 0.29) is 12.8 Å². The first-order valence-electron chi connectivity index (χ1n) is 22.4. The number of carbonyl (C=O) groups is 2. The summed E-state index contributed by atoms with van der Waals surface area (Å²) in [6, 6.07) is 0. The number of esters is 2. The maximum atomic E-state index is 12.6. The van der Waals surface area contributed by atoms with Crippen molar-refractivity contribution < 1.29 is 58.0 Å². The van der Waals surface area contributed by atoms with Crippen LogP contribution in [0.25, 0.3) is 0 Å². The Morgan fingerprint density at radius 3 is 1.62 bits per heavy atom. The first kappa shape index (κ1) is 57.8. The highest BCUT2D eigenvalue weighted by Gasteiger charge is 2.27. The van der Waals surface area contributed by atoms with Gasteiger partial charge in [-0.15, -0.1) is 0 Å². The highest BCUT2D eigenvalue weighted by atomic mass is 31.2. The van der Waals surface area contributed by atoms with Crippen molar-refractivity contribution in [1.82, 2.24) is 0 Å². The van der Waals surface area contributed by atoms with E-state index in [4.69, 9.17) is 19.1 Å². The average Bonchev–Trinajstić information content (AvgIpc) is 3.24. The Balaban J connectivity index is 4.59. The Morgan fingerprint density at radius 1 is 0.557 bits per heavy atom. The van der Waals surface area contributed by atoms with Gasteiger partial charge in [0.2, 0.25) is 0 Å². The summed E-state index contributed by atoms with van der Waals surface area (Å²) < 4.78 is 32.5. The zero-order chi connectivity index (χ0) is 45.1. The van der Waals surface area contributed by atoms with E-state index in [9.17, 15) is 34.4 Å². The van der Waals surface area contributed by atoms with Crippen molar-refractivity contribution in [3.8, 4) is 0 Å². The van der Waals surface area contributed by atoms with Crippen molar-refractivity contribution in [3.05, 3.63) is 97.2 Å². The van der Waals surface area contributed by atoms with Gasteiger partial charge >= 0.3 is 19.8 Å². The molecule has 5 atom stereocenters. The van der Waals surface area contributed by atoms with Crippen LogP contribution >= 0.6 is 7.82 Å². The van der Waals surface area contributed by atoms with Crippen LogP contribution in [0.5, 0.6) is 0 Å². The molecule has 0 rings (SSSR count). The van der Waals surface area contributed by atoms with Gasteiger partial charge in [0.1, 0.15) is 12.7 Å². The molecular formula is C48H79O12P. The number of aliphatic hydroxyl groups excluding tert-OH is 4. The van der Waals surface area contributed by atoms with Gasteiger partial charge in [-0.2, -0.15) is 0 Å². The predicted octanol–water partition coefficient (Wildman–Crippen LogP) is 9.94. The topological polar surface area (TPSA) is 189 Å². The molecule has 0 aromatic rings. The lowest BCUT2D eigenvalue weighted by Gasteiger charge is -2.20. The standard InChI is InChI=1S/C48H79O12P/c1-3-5-7-8-9-10-11-12-13-14-15-16-17-18-19-20-24-27-31-37-48(54)60-46(42-59-61(55,56)58-40-45(52)39-49)41-57-47(53)38-32-36-44(51)35-30-26-23-21-22-25-29-34-43(50)33-28-6-4-2/h9-10,12-13,15-16,18-19,22-23,25-26,29-30,34-35,43-46,49-52H,3-8,11,14,17,20-21,24,27-28,31-33,36-42H2,1-2H3,(H,55,56)/b10-9-,13-12-,16-15-,19-18-,25-22-,26-23-,34-29+,35-30+/t43-,44-,45-,46+/m0/s1. The number of aliphatic hydroxyl groups is 4. The third-order valence-corrected chi connectivity index (χ3v) is 9.87. The van der Waals surface area contributed by atoms with E-state index in [1.54, 1.807) is 18.2 Å². The molecule has 5 N–H and O–H groups in total. The fourth-order valence-electron chi connectivity index (χ4n) is 5.36. The van der Waals surface area contributed by atoms with E-state index < -0.39 is 70.6 Å². The fraction of sp³-hybridized carbons (Fsp3) is 0.625. The fourth-order valence-corrected chi connectivity index (χ4v) is 6.15. The summed E-state index contributed by atoms with van der Waals surface area (Å²) in [6.45, 7) is 1.93. The van der Waals surface area contributed by atoms with E-state index in [1.807, 2.05) is 30.4 Å². The summed E-state index contributed by atoms with van der Waals surface area (Å²) in [7, 11) is -4.69. The maximum Gasteiger partial charge on any atom is 0.472 e. The minimum atomic E-state index is -4.69. The van der Waals surface area contributed by atoms with E-state index in [1.165, 1.54) is 19.3 Å². The number of hydrogen-bond acceptors (Lipinski definition) is 11. The molecule has 1 unspecified atom stereocenters. The summed E-state index contributed by atoms with van der Waals surface area (Å²) in [5, 5.41) is 38.5. The molecule has 348 valence electrons. The Labute approximate surface area is 367 Å². The highest BCUT2D eigenvalue weighted by Crippen LogP contribution is 2.43. The van der Waals surface area contributed by atoms with Crippen LogP contribution in [0.15, 0.2) is 97.2 Å². The summed E-state index contributed by atoms with van der Waals surface area (Å²) in [6.07, 6.45) is 44.4. The van der Waals surface area contributed by atoms with Crippen LogP contribution in [0.4, 0.5) is 0 Å². The summed E-state index contributed by atoms with van der Waals surface area (Å²) in [4.78, 5) is 35.0. The quantitative estimate of drug-likeness (QED) is 0.0129. The third-order valence-electron chi connectivity index (χ3n) is 8.92. The van der Waals surface area contributed by atoms with Crippen LogP contribution in [0.1, 0.15) is 142 Å². The lowest BCUT2D eigenvalue weighted by molar-refractivity contribution is -0.161. The van der Waals surface area contributed by atoms with Gasteiger partial charge in [-0.25, -0.2) is 4.57 Å². The SMILES string of the molecule is CCCCC/C=C\C/C=C\C/C=C\C/C=C\CCCCCC(=O)O[C@H](COC(=O)CCC[C@@H](O)/C=C/C=C\C/C=C\C=C\[C@@H](O)CCCCC)COP(=O)(O)OC[C@@H](O)CO. The van der Waals surface area contributed by atoms with Crippen molar-refractivity contribution >= 4 is 19.8 Å². The normalized spacial score (nSPS) is 15.7. The van der Waals surface area contributed by atoms with Crippen LogP contribution in [0, 0.1) is 0 Å². The lowest BCUT2D eigenvalue weighted by Crippen LogP contribution is -2.30. The second-order valence-electron chi connectivity index (χ2n) is 14.8. The molecule has 0 fully saturated rings. The molecule has 0 heterocycles. The van der Waals surface area contributed by atoms with Crippen LogP contribution < -0.4 is 0 Å². The Hall–Kier alpha value is -3.19. The van der Waals surface area contributed by atoms with Crippen LogP contribution in [0.3, 0.4) is 0 Å². The number of ether oxygens (including phenoxy) is 2. The van der Waals surface area contributed by atoms with Crippen LogP contribution in [0.2, 0.25) is 0 Å². The van der Waals surface area contributed by atoms with Gasteiger partial charge in [0.05, 0.1) is 32.0 Å². The van der Waals surface area contributed by atoms with Crippen molar-refractivity contribution in [2.24, 2.45) is 0 Å². The molecule has 61 heavy (non-hydrogen) atoms. The van der Waals surface area contributed by atoms with E-state index in [0.717, 1.165) is 70.6 Å². The van der Waals surface area contributed by atoms with Gasteiger partial charge in [-0.1, -0.05) is 150 Å². The molecule has 0 aliphatic heterocycles. The molecule has 0 saturated heterocycles. The lowest BCUT2D eigenvalue weighted by atomic mass is 10.1. The number of allylic oxidation sites excluding steroid dienone is 14. The molecule has 0 saturated carbocycles. The Morgan fingerprint density at radius 2 is 1.05 bits per heavy atom. The number of carbonyl (C=O) groups excluding carboxylic acids is 2. The van der Waals surface area contributed by atoms with Crippen molar-refractivity contribution in [3.63, 3.8) is 0 Å². The van der Waals surface area contributed by atoms with Crippen molar-refractivity contribution in [2.75, 3.05) is 26.4 Å². The predicted molar refractivity (Wildman–Crippen MR) is 244 cm³/mol. The van der Waals surface area contributed by atoms with Gasteiger partial charge in [0, 0.05) is 12.8 Å². The van der Waals surface area contributed by atoms with E-state index in [2.05, 4.69) is 67.0 Å². The van der Waals surface area contributed by atoms with Crippen LogP contribution in [-0.2, 0) is 32.7 Å². The van der Waals surface area contributed by atoms with Crippen molar-refractivity contribution in [1.29, 1.82) is 0 Å². The molecule has 12 nitrogen and oxygen atoms in total. The second-order valence-corrected chi connectivity index (χ2v) is 16.2.